The Kier molecular flexibility index (Phi) is 6.76. The molecule has 6 amide bonds. The van der Waals surface area contributed by atoms with Crippen LogP contribution in [0.2, 0.25) is 0 Å². The van der Waals surface area contributed by atoms with E-state index in [1.165, 1.54) is 25.3 Å². The van der Waals surface area contributed by atoms with E-state index in [1.807, 2.05) is 0 Å². The summed E-state index contributed by atoms with van der Waals surface area (Å²) in [5.41, 5.74) is 3.16. The number of methoxy groups -OCH3 is 1. The smallest absolute Gasteiger partial charge is 0.328 e. The summed E-state index contributed by atoms with van der Waals surface area (Å²) in [6, 6.07) is 2.26. The number of allylic oxidation sites excluding steroid dienone is 2. The second-order valence-electron chi connectivity index (χ2n) is 11.0. The van der Waals surface area contributed by atoms with E-state index in [-0.39, 0.29) is 33.1 Å². The summed E-state index contributed by atoms with van der Waals surface area (Å²) in [6.45, 7) is 0. The third-order valence-corrected chi connectivity index (χ3v) is 10.4. The number of ether oxygens (including phenoxy) is 1. The third-order valence-electron chi connectivity index (χ3n) is 8.99. The topological polar surface area (TPSA) is 147 Å². The summed E-state index contributed by atoms with van der Waals surface area (Å²) in [6.07, 6.45) is 0.400. The van der Waals surface area contributed by atoms with Gasteiger partial charge in [0.2, 0.25) is 17.6 Å². The Morgan fingerprint density at radius 3 is 2.13 bits per heavy atom. The third kappa shape index (κ3) is 3.70. The molecule has 45 heavy (non-hydrogen) atoms. The van der Waals surface area contributed by atoms with Crippen molar-refractivity contribution in [1.82, 2.24) is 4.90 Å². The number of carbonyl (C=O) groups is 5. The van der Waals surface area contributed by atoms with Crippen molar-refractivity contribution in [1.29, 1.82) is 0 Å². The quantitative estimate of drug-likeness (QED) is 0.126. The van der Waals surface area contributed by atoms with E-state index in [2.05, 4.69) is 0 Å². The second kappa shape index (κ2) is 9.88. The van der Waals surface area contributed by atoms with E-state index < -0.39 is 110 Å². The van der Waals surface area contributed by atoms with E-state index in [4.69, 9.17) is 33.7 Å². The zero-order valence-corrected chi connectivity index (χ0v) is 24.1. The number of halogens is 7. The van der Waals surface area contributed by atoms with E-state index >= 15 is 8.78 Å². The van der Waals surface area contributed by atoms with Crippen LogP contribution in [0.5, 0.6) is 11.5 Å². The first kappa shape index (κ1) is 30.8. The Morgan fingerprint density at radius 1 is 0.956 bits per heavy atom. The van der Waals surface area contributed by atoms with Gasteiger partial charge in [0.05, 0.1) is 18.9 Å². The maximum Gasteiger partial charge on any atom is 0.328 e. The minimum absolute atomic E-state index is 0.0685. The number of aromatic hydroxyl groups is 1. The van der Waals surface area contributed by atoms with Gasteiger partial charge in [-0.15, -0.1) is 23.2 Å². The average molecular weight is 674 g/mol. The number of anilines is 1. The molecule has 6 unspecified atom stereocenters. The average Bonchev–Trinajstić information content (AvgIpc) is 3.34. The van der Waals surface area contributed by atoms with Crippen molar-refractivity contribution in [2.24, 2.45) is 23.5 Å². The number of amides is 6. The number of likely N-dealkylation sites (tertiary alicyclic amines) is 1. The number of phenolic OH excluding ortho intramolecular Hbond substituents is 1. The van der Waals surface area contributed by atoms with Gasteiger partial charge in [-0.05, 0) is 37.0 Å². The number of hydrogen-bond acceptors (Lipinski definition) is 7. The molecule has 0 bridgehead atoms. The molecule has 6 rings (SSSR count). The highest BCUT2D eigenvalue weighted by Gasteiger charge is 2.77. The van der Waals surface area contributed by atoms with Crippen molar-refractivity contribution < 1.29 is 55.8 Å². The molecule has 2 aliphatic carbocycles. The number of primary amides is 1. The van der Waals surface area contributed by atoms with Crippen LogP contribution in [0.25, 0.3) is 0 Å². The number of alkyl halides is 2. The molecule has 10 nitrogen and oxygen atoms in total. The lowest BCUT2D eigenvalue weighted by Crippen LogP contribution is -2.60. The molecule has 3 fully saturated rings. The maximum absolute atomic E-state index is 15.0. The van der Waals surface area contributed by atoms with Gasteiger partial charge in [0.25, 0.3) is 11.8 Å². The highest BCUT2D eigenvalue weighted by molar-refractivity contribution is 6.58. The predicted octanol–water partition coefficient (Wildman–Crippen LogP) is 3.74. The van der Waals surface area contributed by atoms with E-state index in [1.54, 1.807) is 0 Å². The van der Waals surface area contributed by atoms with Gasteiger partial charge in [-0.1, -0.05) is 11.6 Å². The van der Waals surface area contributed by atoms with Crippen LogP contribution in [0.4, 0.5) is 32.4 Å². The molecule has 0 aromatic heterocycles. The Balaban J connectivity index is 1.63. The van der Waals surface area contributed by atoms with E-state index in [0.717, 1.165) is 6.07 Å². The molecular formula is C28H18Cl2F5N3O7. The summed E-state index contributed by atoms with van der Waals surface area (Å²) in [5, 5.41) is 11.0. The van der Waals surface area contributed by atoms with Crippen LogP contribution in [-0.2, 0) is 19.2 Å². The van der Waals surface area contributed by atoms with Crippen molar-refractivity contribution in [3.8, 4) is 11.5 Å². The summed E-state index contributed by atoms with van der Waals surface area (Å²) >= 11 is 13.9. The largest absolute Gasteiger partial charge is 0.508 e. The van der Waals surface area contributed by atoms with Gasteiger partial charge in [-0.2, -0.15) is 4.90 Å². The maximum atomic E-state index is 15.0. The number of imide groups is 4. The highest BCUT2D eigenvalue weighted by Crippen LogP contribution is 2.66. The van der Waals surface area contributed by atoms with Crippen molar-refractivity contribution in [2.45, 2.75) is 28.5 Å². The zero-order valence-electron chi connectivity index (χ0n) is 22.5. The molecule has 17 heteroatoms. The molecule has 2 heterocycles. The Hall–Kier alpha value is -4.24. The number of rotatable bonds is 3. The molecule has 6 atom stereocenters. The van der Waals surface area contributed by atoms with Gasteiger partial charge in [-0.3, -0.25) is 19.2 Å². The molecule has 4 aliphatic rings. The summed E-state index contributed by atoms with van der Waals surface area (Å²) < 4.78 is 77.7. The van der Waals surface area contributed by atoms with Crippen molar-refractivity contribution in [3.05, 3.63) is 64.5 Å². The fraction of sp³-hybridized carbons (Fsp3) is 0.321. The lowest BCUT2D eigenvalue weighted by atomic mass is 9.56. The lowest BCUT2D eigenvalue weighted by Gasteiger charge is -2.50. The highest BCUT2D eigenvalue weighted by atomic mass is 35.5. The monoisotopic (exact) mass is 673 g/mol. The Bertz CT molecular complexity index is 1800. The minimum Gasteiger partial charge on any atom is -0.508 e. The number of hydrogen-bond donors (Lipinski definition) is 2. The van der Waals surface area contributed by atoms with Gasteiger partial charge in [0.15, 0.2) is 33.0 Å². The van der Waals surface area contributed by atoms with Gasteiger partial charge in [0.1, 0.15) is 17.2 Å². The van der Waals surface area contributed by atoms with Crippen LogP contribution in [-0.4, -0.2) is 56.5 Å². The minimum atomic E-state index is -2.83. The predicted molar refractivity (Wildman–Crippen MR) is 143 cm³/mol. The Labute approximate surface area is 259 Å². The zero-order chi connectivity index (χ0) is 33.1. The molecule has 2 aliphatic heterocycles. The van der Waals surface area contributed by atoms with Crippen molar-refractivity contribution in [2.75, 3.05) is 12.0 Å². The first-order valence-electron chi connectivity index (χ1n) is 13.1. The van der Waals surface area contributed by atoms with E-state index in [9.17, 15) is 42.3 Å². The molecular weight excluding hydrogens is 656 g/mol. The van der Waals surface area contributed by atoms with Crippen LogP contribution in [0.15, 0.2) is 29.8 Å². The molecule has 1 saturated carbocycles. The number of carbonyl (C=O) groups excluding carboxylic acids is 5. The summed E-state index contributed by atoms with van der Waals surface area (Å²) in [4.78, 5) is 60.9. The first-order chi connectivity index (χ1) is 21.0. The first-order valence-corrected chi connectivity index (χ1v) is 13.8. The normalized spacial score (nSPS) is 30.7. The standard InChI is InChI=1S/C28H18Cl2F5N3O7/c1-45-8-2-5-13(39)11(6-8)15-9-3-4-10-14(23(41)38(22(10)40)26(36)44)12(9)7-27(29)24(42)37(25(43)28(15,27)30)21-19(34)17(32)16(31)18(33)20(21)35/h2-3,5-6,10,12,14-15,39H,4,7H2,1H3,(H2,36,44). The second-order valence-corrected chi connectivity index (χ2v) is 12.2. The SMILES string of the molecule is COc1ccc(O)c(C2C3=CCC4C(=O)N(C(N)=O)C(=O)C4C3CC3(Cl)C(=O)N(c4c(F)c(F)c(F)c(F)c4F)C(=O)C23Cl)c1. The molecule has 0 spiro atoms. The van der Waals surface area contributed by atoms with Crippen LogP contribution >= 0.6 is 23.2 Å². The van der Waals surface area contributed by atoms with Gasteiger partial charge >= 0.3 is 6.03 Å². The number of benzene rings is 2. The molecule has 2 saturated heterocycles. The number of nitrogens with zero attached hydrogens (tertiary/aromatic N) is 2. The lowest BCUT2D eigenvalue weighted by molar-refractivity contribution is -0.136. The fourth-order valence-electron chi connectivity index (χ4n) is 7.02. The Morgan fingerprint density at radius 2 is 1.56 bits per heavy atom. The van der Waals surface area contributed by atoms with Crippen LogP contribution < -0.4 is 15.4 Å². The van der Waals surface area contributed by atoms with Crippen LogP contribution in [0.1, 0.15) is 24.3 Å². The van der Waals surface area contributed by atoms with Crippen LogP contribution in [0.3, 0.4) is 0 Å². The molecule has 2 aromatic carbocycles. The number of fused-ring (bicyclic) bond motifs is 4. The van der Waals surface area contributed by atoms with E-state index in [0.29, 0.717) is 0 Å². The fourth-order valence-corrected chi connectivity index (χ4v) is 7.95. The summed E-state index contributed by atoms with van der Waals surface area (Å²) in [7, 11) is 1.25. The molecule has 2 aromatic rings. The molecule has 236 valence electrons. The van der Waals surface area contributed by atoms with Crippen LogP contribution in [0, 0.1) is 46.8 Å². The van der Waals surface area contributed by atoms with Gasteiger partial charge < -0.3 is 15.6 Å². The summed E-state index contributed by atoms with van der Waals surface area (Å²) in [5.74, 6) is -24.0. The van der Waals surface area contributed by atoms with Crippen molar-refractivity contribution in [3.63, 3.8) is 0 Å². The van der Waals surface area contributed by atoms with Crippen molar-refractivity contribution >= 4 is 58.5 Å². The number of urea groups is 1. The van der Waals surface area contributed by atoms with Gasteiger partial charge in [-0.25, -0.2) is 31.6 Å². The number of phenols is 1. The number of nitrogens with two attached hydrogens (primary N) is 1. The molecule has 3 N–H and O–H groups in total. The van der Waals surface area contributed by atoms with Gasteiger partial charge in [0, 0.05) is 11.5 Å². The molecule has 0 radical (unpaired) electrons.